The van der Waals surface area contributed by atoms with Crippen LogP contribution in [0.2, 0.25) is 0 Å². The molecule has 7 nitrogen and oxygen atoms in total. The molecule has 0 atom stereocenters. The van der Waals surface area contributed by atoms with Crippen molar-refractivity contribution in [3.63, 3.8) is 0 Å². The second-order valence-electron chi connectivity index (χ2n) is 5.09. The highest BCUT2D eigenvalue weighted by Crippen LogP contribution is 2.27. The van der Waals surface area contributed by atoms with Crippen LogP contribution in [0, 0.1) is 0 Å². The summed E-state index contributed by atoms with van der Waals surface area (Å²) in [5.41, 5.74) is 0.984. The van der Waals surface area contributed by atoms with Crippen molar-refractivity contribution < 1.29 is 28.9 Å². The topological polar surface area (TPSA) is 94.1 Å². The third-order valence-electron chi connectivity index (χ3n) is 3.35. The molecule has 0 saturated heterocycles. The van der Waals surface area contributed by atoms with Crippen molar-refractivity contribution in [3.05, 3.63) is 53.6 Å². The summed E-state index contributed by atoms with van der Waals surface area (Å²) in [6.45, 7) is -0.162. The standard InChI is InChI=1S/C18H19NO6/c1-23-15-7-6-12(8-16(15)24-2)10-19-17(21)11-25-18(22)13-4-3-5-14(20)9-13/h3-9,20H,10-11H2,1-2H3,(H,19,21). The number of rotatable bonds is 7. The lowest BCUT2D eigenvalue weighted by molar-refractivity contribution is -0.124. The van der Waals surface area contributed by atoms with Crippen LogP contribution in [0.5, 0.6) is 17.2 Å². The maximum Gasteiger partial charge on any atom is 0.338 e. The van der Waals surface area contributed by atoms with E-state index >= 15 is 0 Å². The Hall–Kier alpha value is -3.22. The molecule has 25 heavy (non-hydrogen) atoms. The minimum Gasteiger partial charge on any atom is -0.508 e. The number of benzene rings is 2. The van der Waals surface area contributed by atoms with Crippen LogP contribution >= 0.6 is 0 Å². The predicted octanol–water partition coefficient (Wildman–Crippen LogP) is 1.88. The van der Waals surface area contributed by atoms with Gasteiger partial charge in [-0.2, -0.15) is 0 Å². The molecular weight excluding hydrogens is 326 g/mol. The van der Waals surface area contributed by atoms with Gasteiger partial charge in [-0.05, 0) is 35.9 Å². The largest absolute Gasteiger partial charge is 0.508 e. The number of aromatic hydroxyl groups is 1. The Balaban J connectivity index is 1.83. The number of carbonyl (C=O) groups is 2. The number of esters is 1. The highest BCUT2D eigenvalue weighted by Gasteiger charge is 2.11. The SMILES string of the molecule is COc1ccc(CNC(=O)COC(=O)c2cccc(O)c2)cc1OC. The summed E-state index contributed by atoms with van der Waals surface area (Å²) >= 11 is 0. The zero-order valence-corrected chi connectivity index (χ0v) is 13.9. The van der Waals surface area contributed by atoms with Crippen molar-refractivity contribution in [2.45, 2.75) is 6.54 Å². The molecule has 132 valence electrons. The van der Waals surface area contributed by atoms with E-state index in [9.17, 15) is 14.7 Å². The summed E-state index contributed by atoms with van der Waals surface area (Å²) < 4.78 is 15.2. The van der Waals surface area contributed by atoms with E-state index in [1.165, 1.54) is 31.4 Å². The number of carbonyl (C=O) groups excluding carboxylic acids is 2. The smallest absolute Gasteiger partial charge is 0.338 e. The number of methoxy groups -OCH3 is 2. The van der Waals surface area contributed by atoms with E-state index < -0.39 is 18.5 Å². The van der Waals surface area contributed by atoms with Crippen LogP contribution in [-0.4, -0.2) is 37.8 Å². The van der Waals surface area contributed by atoms with Crippen molar-refractivity contribution in [2.24, 2.45) is 0 Å². The van der Waals surface area contributed by atoms with Gasteiger partial charge in [-0.25, -0.2) is 4.79 Å². The summed E-state index contributed by atoms with van der Waals surface area (Å²) in [6.07, 6.45) is 0. The molecule has 0 bridgehead atoms. The minimum absolute atomic E-state index is 0.0487. The molecule has 0 unspecified atom stereocenters. The van der Waals surface area contributed by atoms with Gasteiger partial charge in [0, 0.05) is 6.54 Å². The maximum atomic E-state index is 11.8. The molecule has 0 aliphatic rings. The third kappa shape index (κ3) is 5.13. The van der Waals surface area contributed by atoms with Gasteiger partial charge in [-0.3, -0.25) is 4.79 Å². The molecular formula is C18H19NO6. The van der Waals surface area contributed by atoms with Crippen molar-refractivity contribution >= 4 is 11.9 Å². The quantitative estimate of drug-likeness (QED) is 0.744. The van der Waals surface area contributed by atoms with E-state index in [4.69, 9.17) is 14.2 Å². The molecule has 0 spiro atoms. The van der Waals surface area contributed by atoms with Crippen molar-refractivity contribution in [2.75, 3.05) is 20.8 Å². The first-order valence-corrected chi connectivity index (χ1v) is 7.47. The molecule has 0 aliphatic heterocycles. The van der Waals surface area contributed by atoms with Crippen LogP contribution in [0.15, 0.2) is 42.5 Å². The van der Waals surface area contributed by atoms with E-state index in [1.807, 2.05) is 0 Å². The first kappa shape index (κ1) is 18.1. The second kappa shape index (κ2) is 8.58. The summed E-state index contributed by atoms with van der Waals surface area (Å²) in [5.74, 6) is -0.0185. The molecule has 0 aromatic heterocycles. The predicted molar refractivity (Wildman–Crippen MR) is 89.8 cm³/mol. The fourth-order valence-corrected chi connectivity index (χ4v) is 2.09. The Bertz CT molecular complexity index is 759. The van der Waals surface area contributed by atoms with Crippen molar-refractivity contribution in [3.8, 4) is 17.2 Å². The normalized spacial score (nSPS) is 10.0. The van der Waals surface area contributed by atoms with E-state index in [0.717, 1.165) is 5.56 Å². The average Bonchev–Trinajstić information content (AvgIpc) is 2.64. The van der Waals surface area contributed by atoms with E-state index in [0.29, 0.717) is 11.5 Å². The fourth-order valence-electron chi connectivity index (χ4n) is 2.09. The summed E-state index contributed by atoms with van der Waals surface area (Å²) in [7, 11) is 3.07. The number of ether oxygens (including phenoxy) is 3. The molecule has 0 heterocycles. The maximum absolute atomic E-state index is 11.8. The van der Waals surface area contributed by atoms with E-state index in [2.05, 4.69) is 5.32 Å². The van der Waals surface area contributed by atoms with E-state index in [1.54, 1.807) is 25.3 Å². The fraction of sp³-hybridized carbons (Fsp3) is 0.222. The monoisotopic (exact) mass is 345 g/mol. The number of phenolic OH excluding ortho intramolecular Hbond substituents is 1. The van der Waals surface area contributed by atoms with Crippen LogP contribution in [0.4, 0.5) is 0 Å². The van der Waals surface area contributed by atoms with Gasteiger partial charge in [0.2, 0.25) is 0 Å². The molecule has 2 N–H and O–H groups in total. The molecule has 0 radical (unpaired) electrons. The Kier molecular flexibility index (Phi) is 6.22. The lowest BCUT2D eigenvalue weighted by Crippen LogP contribution is -2.28. The minimum atomic E-state index is -0.683. The summed E-state index contributed by atoms with van der Waals surface area (Å²) in [6, 6.07) is 11.0. The molecule has 2 rings (SSSR count). The molecule has 1 amide bonds. The molecule has 7 heteroatoms. The zero-order valence-electron chi connectivity index (χ0n) is 13.9. The molecule has 2 aromatic rings. The molecule has 0 aliphatic carbocycles. The lowest BCUT2D eigenvalue weighted by atomic mass is 10.2. The number of hydrogen-bond acceptors (Lipinski definition) is 6. The molecule has 2 aromatic carbocycles. The van der Waals surface area contributed by atoms with Gasteiger partial charge < -0.3 is 24.6 Å². The van der Waals surface area contributed by atoms with Gasteiger partial charge in [0.15, 0.2) is 18.1 Å². The molecule has 0 saturated carbocycles. The zero-order chi connectivity index (χ0) is 18.2. The van der Waals surface area contributed by atoms with Crippen LogP contribution in [0.3, 0.4) is 0 Å². The number of amides is 1. The van der Waals surface area contributed by atoms with Gasteiger partial charge in [0.1, 0.15) is 5.75 Å². The summed E-state index contributed by atoms with van der Waals surface area (Å²) in [5, 5.41) is 12.0. The van der Waals surface area contributed by atoms with Gasteiger partial charge in [0.05, 0.1) is 19.8 Å². The van der Waals surface area contributed by atoms with Crippen LogP contribution in [0.1, 0.15) is 15.9 Å². The number of hydrogen-bond donors (Lipinski definition) is 2. The van der Waals surface area contributed by atoms with E-state index in [-0.39, 0.29) is 17.9 Å². The van der Waals surface area contributed by atoms with Gasteiger partial charge in [0.25, 0.3) is 5.91 Å². The lowest BCUT2D eigenvalue weighted by Gasteiger charge is -2.10. The number of nitrogens with one attached hydrogen (secondary N) is 1. The Morgan fingerprint density at radius 3 is 2.48 bits per heavy atom. The Labute approximate surface area is 145 Å². The van der Waals surface area contributed by atoms with Crippen LogP contribution in [0.25, 0.3) is 0 Å². The van der Waals surface area contributed by atoms with Crippen molar-refractivity contribution in [1.29, 1.82) is 0 Å². The highest BCUT2D eigenvalue weighted by atomic mass is 16.5. The van der Waals surface area contributed by atoms with Crippen LogP contribution < -0.4 is 14.8 Å². The average molecular weight is 345 g/mol. The number of phenols is 1. The Morgan fingerprint density at radius 1 is 1.04 bits per heavy atom. The molecule has 0 fully saturated rings. The highest BCUT2D eigenvalue weighted by molar-refractivity contribution is 5.91. The van der Waals surface area contributed by atoms with Crippen LogP contribution in [-0.2, 0) is 16.1 Å². The first-order valence-electron chi connectivity index (χ1n) is 7.47. The second-order valence-corrected chi connectivity index (χ2v) is 5.09. The Morgan fingerprint density at radius 2 is 1.80 bits per heavy atom. The van der Waals surface area contributed by atoms with Gasteiger partial charge >= 0.3 is 5.97 Å². The van der Waals surface area contributed by atoms with Crippen molar-refractivity contribution in [1.82, 2.24) is 5.32 Å². The summed E-state index contributed by atoms with van der Waals surface area (Å²) in [4.78, 5) is 23.6. The first-order chi connectivity index (χ1) is 12.0. The third-order valence-corrected chi connectivity index (χ3v) is 3.35. The van der Waals surface area contributed by atoms with Gasteiger partial charge in [-0.1, -0.05) is 12.1 Å². The van der Waals surface area contributed by atoms with Gasteiger partial charge in [-0.15, -0.1) is 0 Å².